The molecule has 1 aliphatic heterocycles. The van der Waals surface area contributed by atoms with Crippen LogP contribution in [0.5, 0.6) is 0 Å². The number of likely N-dealkylation sites (tertiary alicyclic amines) is 1. The van der Waals surface area contributed by atoms with Gasteiger partial charge in [-0.3, -0.25) is 0 Å². The molecule has 0 amide bonds. The van der Waals surface area contributed by atoms with E-state index >= 15 is 0 Å². The van der Waals surface area contributed by atoms with E-state index in [-0.39, 0.29) is 0 Å². The summed E-state index contributed by atoms with van der Waals surface area (Å²) in [6.07, 6.45) is 3.85. The molecule has 1 aromatic rings. The van der Waals surface area contributed by atoms with Crippen LogP contribution in [0, 0.1) is 6.92 Å². The van der Waals surface area contributed by atoms with Crippen molar-refractivity contribution in [2.75, 3.05) is 37.2 Å². The molecule has 0 atom stereocenters. The number of aryl methyl sites for hydroxylation is 1. The fourth-order valence-corrected chi connectivity index (χ4v) is 2.21. The first kappa shape index (κ1) is 12.1. The molecule has 0 aliphatic carbocycles. The van der Waals surface area contributed by atoms with Crippen LogP contribution in [0.3, 0.4) is 0 Å². The van der Waals surface area contributed by atoms with Crippen molar-refractivity contribution in [1.82, 2.24) is 14.9 Å². The lowest BCUT2D eigenvalue weighted by Crippen LogP contribution is -2.22. The summed E-state index contributed by atoms with van der Waals surface area (Å²) in [5.41, 5.74) is 5.66. The summed E-state index contributed by atoms with van der Waals surface area (Å²) in [4.78, 5) is 10.8. The number of nitrogens with two attached hydrogens (primary N) is 1. The van der Waals surface area contributed by atoms with E-state index in [4.69, 9.17) is 5.73 Å². The van der Waals surface area contributed by atoms with E-state index in [1.54, 1.807) is 6.07 Å². The molecule has 1 saturated heterocycles. The van der Waals surface area contributed by atoms with Crippen molar-refractivity contribution >= 4 is 11.6 Å². The first-order valence-corrected chi connectivity index (χ1v) is 6.31. The number of nitrogens with zero attached hydrogens (tertiary/aromatic N) is 3. The number of nitrogens with one attached hydrogen (secondary N) is 1. The van der Waals surface area contributed by atoms with E-state index in [0.29, 0.717) is 11.6 Å². The summed E-state index contributed by atoms with van der Waals surface area (Å²) in [7, 11) is 0. The normalized spacial score (nSPS) is 16.3. The Kier molecular flexibility index (Phi) is 4.14. The van der Waals surface area contributed by atoms with Crippen LogP contribution in [0.15, 0.2) is 6.07 Å². The largest absolute Gasteiger partial charge is 0.384 e. The number of anilines is 2. The van der Waals surface area contributed by atoms with Crippen molar-refractivity contribution in [3.8, 4) is 0 Å². The maximum absolute atomic E-state index is 5.66. The Balaban J connectivity index is 1.70. The van der Waals surface area contributed by atoms with Gasteiger partial charge in [0.05, 0.1) is 0 Å². The van der Waals surface area contributed by atoms with Crippen LogP contribution in [-0.4, -0.2) is 41.0 Å². The minimum atomic E-state index is 0.527. The highest BCUT2D eigenvalue weighted by Crippen LogP contribution is 2.09. The number of hydrogen-bond acceptors (Lipinski definition) is 5. The Morgan fingerprint density at radius 1 is 1.35 bits per heavy atom. The van der Waals surface area contributed by atoms with Crippen molar-refractivity contribution in [1.29, 1.82) is 0 Å². The van der Waals surface area contributed by atoms with E-state index in [2.05, 4.69) is 20.2 Å². The second kappa shape index (κ2) is 5.82. The maximum Gasteiger partial charge on any atom is 0.131 e. The first-order valence-electron chi connectivity index (χ1n) is 6.31. The van der Waals surface area contributed by atoms with Gasteiger partial charge in [0.1, 0.15) is 17.5 Å². The molecular formula is C12H21N5. The number of nitrogen functional groups attached to an aromatic ring is 1. The molecule has 94 valence electrons. The van der Waals surface area contributed by atoms with Gasteiger partial charge in [0.15, 0.2) is 0 Å². The lowest BCUT2D eigenvalue weighted by Gasteiger charge is -2.14. The standard InChI is InChI=1S/C12H21N5/c1-10-15-11(13)9-12(16-10)14-5-4-8-17-6-2-3-7-17/h9H,2-8H2,1H3,(H3,13,14,15,16). The molecule has 1 fully saturated rings. The van der Waals surface area contributed by atoms with Gasteiger partial charge in [-0.2, -0.15) is 0 Å². The molecule has 0 aromatic carbocycles. The van der Waals surface area contributed by atoms with E-state index in [1.807, 2.05) is 6.92 Å². The molecule has 5 nitrogen and oxygen atoms in total. The van der Waals surface area contributed by atoms with Crippen LogP contribution in [0.25, 0.3) is 0 Å². The Labute approximate surface area is 102 Å². The SMILES string of the molecule is Cc1nc(N)cc(NCCCN2CCCC2)n1. The third-order valence-corrected chi connectivity index (χ3v) is 3.01. The molecule has 3 N–H and O–H groups in total. The Bertz CT molecular complexity index is 340. The van der Waals surface area contributed by atoms with Gasteiger partial charge in [-0.1, -0.05) is 0 Å². The summed E-state index contributed by atoms with van der Waals surface area (Å²) in [5, 5.41) is 3.29. The quantitative estimate of drug-likeness (QED) is 0.752. The van der Waals surface area contributed by atoms with Crippen LogP contribution in [0.2, 0.25) is 0 Å². The maximum atomic E-state index is 5.66. The fourth-order valence-electron chi connectivity index (χ4n) is 2.21. The van der Waals surface area contributed by atoms with E-state index in [1.165, 1.54) is 32.5 Å². The van der Waals surface area contributed by atoms with E-state index in [9.17, 15) is 0 Å². The van der Waals surface area contributed by atoms with E-state index in [0.717, 1.165) is 18.8 Å². The molecule has 5 heteroatoms. The zero-order valence-electron chi connectivity index (χ0n) is 10.4. The summed E-state index contributed by atoms with van der Waals surface area (Å²) in [6, 6.07) is 1.78. The average Bonchev–Trinajstić information content (AvgIpc) is 2.76. The molecule has 1 aliphatic rings. The van der Waals surface area contributed by atoms with Crippen molar-refractivity contribution in [2.24, 2.45) is 0 Å². The van der Waals surface area contributed by atoms with Crippen LogP contribution >= 0.6 is 0 Å². The molecule has 0 spiro atoms. The molecular weight excluding hydrogens is 214 g/mol. The number of aromatic nitrogens is 2. The minimum absolute atomic E-state index is 0.527. The summed E-state index contributed by atoms with van der Waals surface area (Å²) < 4.78 is 0. The van der Waals surface area contributed by atoms with Crippen LogP contribution in [0.4, 0.5) is 11.6 Å². The van der Waals surface area contributed by atoms with Gasteiger partial charge in [-0.05, 0) is 45.8 Å². The second-order valence-corrected chi connectivity index (χ2v) is 4.55. The van der Waals surface area contributed by atoms with Gasteiger partial charge in [-0.15, -0.1) is 0 Å². The van der Waals surface area contributed by atoms with Gasteiger partial charge < -0.3 is 16.0 Å². The fraction of sp³-hybridized carbons (Fsp3) is 0.667. The predicted molar refractivity (Wildman–Crippen MR) is 70.0 cm³/mol. The van der Waals surface area contributed by atoms with Gasteiger partial charge in [0.2, 0.25) is 0 Å². The van der Waals surface area contributed by atoms with Gasteiger partial charge in [0.25, 0.3) is 0 Å². The third kappa shape index (κ3) is 3.85. The summed E-state index contributed by atoms with van der Waals surface area (Å²) in [6.45, 7) is 6.49. The lowest BCUT2D eigenvalue weighted by molar-refractivity contribution is 0.337. The minimum Gasteiger partial charge on any atom is -0.384 e. The molecule has 1 aromatic heterocycles. The van der Waals surface area contributed by atoms with E-state index < -0.39 is 0 Å². The van der Waals surface area contributed by atoms with Crippen molar-refractivity contribution in [3.05, 3.63) is 11.9 Å². The average molecular weight is 235 g/mol. The smallest absolute Gasteiger partial charge is 0.131 e. The molecule has 0 bridgehead atoms. The zero-order valence-corrected chi connectivity index (χ0v) is 10.4. The third-order valence-electron chi connectivity index (χ3n) is 3.01. The van der Waals surface area contributed by atoms with Gasteiger partial charge in [0, 0.05) is 12.6 Å². The molecule has 2 heterocycles. The Morgan fingerprint density at radius 2 is 2.12 bits per heavy atom. The number of rotatable bonds is 5. The molecule has 0 unspecified atom stereocenters. The lowest BCUT2D eigenvalue weighted by atomic mass is 10.4. The molecule has 17 heavy (non-hydrogen) atoms. The van der Waals surface area contributed by atoms with Gasteiger partial charge in [-0.25, -0.2) is 9.97 Å². The number of hydrogen-bond donors (Lipinski definition) is 2. The molecule has 2 rings (SSSR count). The van der Waals surface area contributed by atoms with Crippen molar-refractivity contribution in [3.63, 3.8) is 0 Å². The highest BCUT2D eigenvalue weighted by atomic mass is 15.1. The molecule has 0 radical (unpaired) electrons. The van der Waals surface area contributed by atoms with Crippen LogP contribution < -0.4 is 11.1 Å². The summed E-state index contributed by atoms with van der Waals surface area (Å²) in [5.74, 6) is 2.07. The van der Waals surface area contributed by atoms with Crippen molar-refractivity contribution < 1.29 is 0 Å². The van der Waals surface area contributed by atoms with Crippen molar-refractivity contribution in [2.45, 2.75) is 26.2 Å². The summed E-state index contributed by atoms with van der Waals surface area (Å²) >= 11 is 0. The molecule has 0 saturated carbocycles. The van der Waals surface area contributed by atoms with Crippen LogP contribution in [-0.2, 0) is 0 Å². The first-order chi connectivity index (χ1) is 8.24. The zero-order chi connectivity index (χ0) is 12.1. The Morgan fingerprint density at radius 3 is 2.82 bits per heavy atom. The Hall–Kier alpha value is -1.36. The second-order valence-electron chi connectivity index (χ2n) is 4.55. The highest BCUT2D eigenvalue weighted by Gasteiger charge is 2.10. The topological polar surface area (TPSA) is 67.1 Å². The van der Waals surface area contributed by atoms with Crippen LogP contribution in [0.1, 0.15) is 25.1 Å². The highest BCUT2D eigenvalue weighted by molar-refractivity contribution is 5.44. The van der Waals surface area contributed by atoms with Gasteiger partial charge >= 0.3 is 0 Å². The monoisotopic (exact) mass is 235 g/mol. The predicted octanol–water partition coefficient (Wildman–Crippen LogP) is 1.27.